The Labute approximate surface area is 167 Å². The smallest absolute Gasteiger partial charge is 0.256 e. The highest BCUT2D eigenvalue weighted by Gasteiger charge is 2.51. The van der Waals surface area contributed by atoms with Gasteiger partial charge < -0.3 is 10.2 Å². The summed E-state index contributed by atoms with van der Waals surface area (Å²) in [5.41, 5.74) is 1.12. The van der Waals surface area contributed by atoms with Gasteiger partial charge in [-0.1, -0.05) is 26.8 Å². The minimum atomic E-state index is -0.131. The van der Waals surface area contributed by atoms with Gasteiger partial charge in [0.15, 0.2) is 0 Å². The molecule has 2 amide bonds. The van der Waals surface area contributed by atoms with E-state index in [1.54, 1.807) is 12.4 Å². The molecule has 1 aromatic heterocycles. The monoisotopic (exact) mass is 384 g/mol. The zero-order chi connectivity index (χ0) is 20.5. The van der Waals surface area contributed by atoms with Crippen LogP contribution in [0, 0.1) is 5.92 Å². The van der Waals surface area contributed by atoms with Crippen molar-refractivity contribution in [1.29, 1.82) is 0 Å². The maximum absolute atomic E-state index is 12.8. The first-order chi connectivity index (χ1) is 13.2. The molecule has 28 heavy (non-hydrogen) atoms. The van der Waals surface area contributed by atoms with Crippen molar-refractivity contribution >= 4 is 11.8 Å². The number of carbonyl (C=O) groups excluding carboxylic acids is 2. The molecule has 1 N–H and O–H groups in total. The Morgan fingerprint density at radius 3 is 2.21 bits per heavy atom. The van der Waals surface area contributed by atoms with Gasteiger partial charge in [0.25, 0.3) is 5.91 Å². The van der Waals surface area contributed by atoms with Crippen molar-refractivity contribution in [2.24, 2.45) is 5.92 Å². The molecule has 1 saturated carbocycles. The first-order valence-electron chi connectivity index (χ1n) is 10.2. The molecule has 2 aliphatic rings. The fraction of sp³-hybridized carbons (Fsp3) is 0.636. The third-order valence-electron chi connectivity index (χ3n) is 6.08. The lowest BCUT2D eigenvalue weighted by molar-refractivity contribution is -0.119. The van der Waals surface area contributed by atoms with E-state index in [1.165, 1.54) is 0 Å². The number of allylic oxidation sites excluding steroid dienone is 1. The lowest BCUT2D eigenvalue weighted by Gasteiger charge is -2.37. The molecule has 0 aromatic carbocycles. The Bertz CT molecular complexity index is 765. The number of amides is 2. The summed E-state index contributed by atoms with van der Waals surface area (Å²) in [4.78, 5) is 35.7. The molecule has 1 aliphatic carbocycles. The van der Waals surface area contributed by atoms with Crippen LogP contribution in [0.15, 0.2) is 24.0 Å². The van der Waals surface area contributed by atoms with Crippen LogP contribution in [0.25, 0.3) is 0 Å². The second-order valence-electron chi connectivity index (χ2n) is 9.19. The molecule has 0 spiro atoms. The van der Waals surface area contributed by atoms with E-state index in [0.717, 1.165) is 37.1 Å². The number of aromatic nitrogens is 2. The number of nitrogens with one attached hydrogen (secondary N) is 1. The first-order valence-corrected chi connectivity index (χ1v) is 10.2. The van der Waals surface area contributed by atoms with Crippen LogP contribution in [-0.4, -0.2) is 45.3 Å². The van der Waals surface area contributed by atoms with Gasteiger partial charge in [0.1, 0.15) is 5.82 Å². The minimum Gasteiger partial charge on any atom is -0.347 e. The number of hydrogen-bond acceptors (Lipinski definition) is 4. The highest BCUT2D eigenvalue weighted by molar-refractivity contribution is 5.94. The first kappa shape index (κ1) is 20.5. The summed E-state index contributed by atoms with van der Waals surface area (Å²) in [5.74, 6) is 1.21. The van der Waals surface area contributed by atoms with Crippen molar-refractivity contribution in [2.75, 3.05) is 13.1 Å². The van der Waals surface area contributed by atoms with Crippen LogP contribution in [0.2, 0.25) is 0 Å². The third kappa shape index (κ3) is 4.26. The molecule has 1 aromatic rings. The van der Waals surface area contributed by atoms with Crippen molar-refractivity contribution in [3.05, 3.63) is 35.4 Å². The maximum atomic E-state index is 12.8. The summed E-state index contributed by atoms with van der Waals surface area (Å²) in [6.45, 7) is 11.3. The Hall–Kier alpha value is -2.24. The number of carbonyl (C=O) groups is 2. The molecule has 2 heterocycles. The molecule has 2 fully saturated rings. The quantitative estimate of drug-likeness (QED) is 0.809. The van der Waals surface area contributed by atoms with Crippen molar-refractivity contribution in [1.82, 2.24) is 20.2 Å². The van der Waals surface area contributed by atoms with E-state index >= 15 is 0 Å². The third-order valence-corrected chi connectivity index (χ3v) is 6.08. The number of nitrogens with zero attached hydrogens (tertiary/aromatic N) is 3. The van der Waals surface area contributed by atoms with Crippen LogP contribution < -0.4 is 5.32 Å². The molecular weight excluding hydrogens is 352 g/mol. The fourth-order valence-corrected chi connectivity index (χ4v) is 3.87. The average Bonchev–Trinajstić information content (AvgIpc) is 3.47. The summed E-state index contributed by atoms with van der Waals surface area (Å²) >= 11 is 0. The van der Waals surface area contributed by atoms with E-state index in [1.807, 2.05) is 24.8 Å². The minimum absolute atomic E-state index is 0.00227. The van der Waals surface area contributed by atoms with E-state index in [9.17, 15) is 9.59 Å². The molecule has 0 radical (unpaired) electrons. The zero-order valence-corrected chi connectivity index (χ0v) is 17.7. The molecular formula is C22H32N4O2. The Kier molecular flexibility index (Phi) is 5.60. The van der Waals surface area contributed by atoms with Crippen molar-refractivity contribution in [3.63, 3.8) is 0 Å². The molecule has 152 valence electrons. The standard InChI is InChI=1S/C22H32N4O2/c1-6-15(2)18(27)25-22(9-10-22)17-7-11-26(12-8-17)19(28)16-13-23-20(24-14-16)21(3,4)5/h6,13-14,17H,7-12H2,1-5H3,(H,25,27). The Morgan fingerprint density at radius 2 is 1.75 bits per heavy atom. The van der Waals surface area contributed by atoms with Crippen LogP contribution in [0.1, 0.15) is 76.5 Å². The van der Waals surface area contributed by atoms with Crippen molar-refractivity contribution in [2.45, 2.75) is 71.3 Å². The van der Waals surface area contributed by atoms with Crippen molar-refractivity contribution < 1.29 is 9.59 Å². The topological polar surface area (TPSA) is 75.2 Å². The number of piperidine rings is 1. The van der Waals surface area contributed by atoms with E-state index < -0.39 is 0 Å². The van der Waals surface area contributed by atoms with Gasteiger partial charge in [-0.2, -0.15) is 0 Å². The number of rotatable bonds is 4. The second-order valence-corrected chi connectivity index (χ2v) is 9.19. The van der Waals surface area contributed by atoms with E-state index in [2.05, 4.69) is 36.1 Å². The predicted octanol–water partition coefficient (Wildman–Crippen LogP) is 3.24. The lowest BCUT2D eigenvalue weighted by Crippen LogP contribution is -2.48. The van der Waals surface area contributed by atoms with Crippen LogP contribution >= 0.6 is 0 Å². The molecule has 0 bridgehead atoms. The van der Waals surface area contributed by atoms with Gasteiger partial charge in [0.05, 0.1) is 5.56 Å². The second kappa shape index (κ2) is 7.64. The molecule has 0 atom stereocenters. The van der Waals surface area contributed by atoms with Gasteiger partial charge in [0.2, 0.25) is 5.91 Å². The summed E-state index contributed by atoms with van der Waals surface area (Å²) in [6, 6.07) is 0. The van der Waals surface area contributed by atoms with E-state index in [4.69, 9.17) is 0 Å². The van der Waals surface area contributed by atoms with Gasteiger partial charge in [-0.25, -0.2) is 9.97 Å². The number of hydrogen-bond donors (Lipinski definition) is 1. The predicted molar refractivity (Wildman–Crippen MR) is 109 cm³/mol. The summed E-state index contributed by atoms with van der Waals surface area (Å²) in [5, 5.41) is 3.25. The van der Waals surface area contributed by atoms with Gasteiger partial charge in [-0.05, 0) is 45.4 Å². The van der Waals surface area contributed by atoms with Crippen LogP contribution in [0.5, 0.6) is 0 Å². The van der Waals surface area contributed by atoms with E-state index in [-0.39, 0.29) is 22.8 Å². The van der Waals surface area contributed by atoms with Gasteiger partial charge >= 0.3 is 0 Å². The Morgan fingerprint density at radius 1 is 1.18 bits per heavy atom. The van der Waals surface area contributed by atoms with Gasteiger partial charge in [0, 0.05) is 42.0 Å². The molecule has 6 nitrogen and oxygen atoms in total. The highest BCUT2D eigenvalue weighted by Crippen LogP contribution is 2.46. The fourth-order valence-electron chi connectivity index (χ4n) is 3.87. The zero-order valence-electron chi connectivity index (χ0n) is 17.7. The van der Waals surface area contributed by atoms with E-state index in [0.29, 0.717) is 24.6 Å². The summed E-state index contributed by atoms with van der Waals surface area (Å²) < 4.78 is 0. The van der Waals surface area contributed by atoms with Crippen molar-refractivity contribution in [3.8, 4) is 0 Å². The molecule has 6 heteroatoms. The molecule has 1 saturated heterocycles. The molecule has 3 rings (SSSR count). The average molecular weight is 385 g/mol. The maximum Gasteiger partial charge on any atom is 0.256 e. The van der Waals surface area contributed by atoms with Crippen LogP contribution in [0.3, 0.4) is 0 Å². The molecule has 1 aliphatic heterocycles. The number of likely N-dealkylation sites (tertiary alicyclic amines) is 1. The largest absolute Gasteiger partial charge is 0.347 e. The normalized spacial score (nSPS) is 20.0. The summed E-state index contributed by atoms with van der Waals surface area (Å²) in [6.07, 6.45) is 9.05. The highest BCUT2D eigenvalue weighted by atomic mass is 16.2. The van der Waals surface area contributed by atoms with Crippen LogP contribution in [-0.2, 0) is 10.2 Å². The lowest BCUT2D eigenvalue weighted by atomic mass is 9.86. The Balaban J connectivity index is 1.58. The summed E-state index contributed by atoms with van der Waals surface area (Å²) in [7, 11) is 0. The molecule has 0 unspecified atom stereocenters. The van der Waals surface area contributed by atoms with Gasteiger partial charge in [-0.3, -0.25) is 9.59 Å². The van der Waals surface area contributed by atoms with Gasteiger partial charge in [-0.15, -0.1) is 0 Å². The SMILES string of the molecule is CC=C(C)C(=O)NC1(C2CCN(C(=O)c3cnc(C(C)(C)C)nc3)CC2)CC1. The van der Waals surface area contributed by atoms with Crippen LogP contribution in [0.4, 0.5) is 0 Å².